The molecule has 0 saturated carbocycles. The summed E-state index contributed by atoms with van der Waals surface area (Å²) in [5.74, 6) is -0.304. The number of aryl methyl sites for hydroxylation is 1. The fraction of sp³-hybridized carbons (Fsp3) is 0.0556. The lowest BCUT2D eigenvalue weighted by Crippen LogP contribution is -2.14. The topological polar surface area (TPSA) is 97.6 Å². The molecule has 0 aliphatic carbocycles. The maximum atomic E-state index is 12.8. The molecule has 0 unspecified atom stereocenters. The van der Waals surface area contributed by atoms with Gasteiger partial charge in [-0.2, -0.15) is 0 Å². The molecule has 2 N–H and O–H groups in total. The van der Waals surface area contributed by atoms with Crippen LogP contribution in [0.15, 0.2) is 61.1 Å². The van der Waals surface area contributed by atoms with E-state index in [-0.39, 0.29) is 5.91 Å². The Morgan fingerprint density at radius 1 is 1.04 bits per heavy atom. The minimum Gasteiger partial charge on any atom is -0.354 e. The van der Waals surface area contributed by atoms with Crippen LogP contribution in [0.25, 0.3) is 11.2 Å². The van der Waals surface area contributed by atoms with E-state index in [2.05, 4.69) is 30.9 Å². The van der Waals surface area contributed by atoms with Gasteiger partial charge in [-0.3, -0.25) is 9.78 Å². The van der Waals surface area contributed by atoms with Crippen molar-refractivity contribution in [2.45, 2.75) is 0 Å². The lowest BCUT2D eigenvalue weighted by atomic mass is 10.2. The number of aromatic nitrogens is 5. The SMILES string of the molecule is Cn1nnc2c(C(=O)Nc3cnccc3Nc3ccccc3)ccnc21. The highest BCUT2D eigenvalue weighted by molar-refractivity contribution is 6.11. The minimum atomic E-state index is -0.304. The number of rotatable bonds is 4. The van der Waals surface area contributed by atoms with E-state index in [0.717, 1.165) is 11.4 Å². The number of hydrogen-bond acceptors (Lipinski definition) is 6. The largest absolute Gasteiger partial charge is 0.354 e. The molecular weight excluding hydrogens is 330 g/mol. The van der Waals surface area contributed by atoms with Gasteiger partial charge in [-0.05, 0) is 24.3 Å². The lowest BCUT2D eigenvalue weighted by molar-refractivity contribution is 0.102. The number of fused-ring (bicyclic) bond motifs is 1. The molecule has 128 valence electrons. The number of nitrogens with zero attached hydrogens (tertiary/aromatic N) is 5. The highest BCUT2D eigenvalue weighted by Crippen LogP contribution is 2.25. The Hall–Kier alpha value is -3.81. The van der Waals surface area contributed by atoms with E-state index in [1.54, 1.807) is 37.8 Å². The Morgan fingerprint density at radius 2 is 1.88 bits per heavy atom. The molecule has 8 heteroatoms. The van der Waals surface area contributed by atoms with Gasteiger partial charge in [-0.15, -0.1) is 5.10 Å². The van der Waals surface area contributed by atoms with Gasteiger partial charge in [0.2, 0.25) is 0 Å². The van der Waals surface area contributed by atoms with Crippen LogP contribution in [0.4, 0.5) is 17.1 Å². The van der Waals surface area contributed by atoms with Crippen LogP contribution >= 0.6 is 0 Å². The second-order valence-corrected chi connectivity index (χ2v) is 5.61. The summed E-state index contributed by atoms with van der Waals surface area (Å²) in [6.07, 6.45) is 4.82. The van der Waals surface area contributed by atoms with Crippen LogP contribution in [0.2, 0.25) is 0 Å². The van der Waals surface area contributed by atoms with E-state index < -0.39 is 0 Å². The molecule has 4 aromatic rings. The normalized spacial score (nSPS) is 10.7. The van der Waals surface area contributed by atoms with E-state index in [0.29, 0.717) is 22.4 Å². The molecule has 0 fully saturated rings. The first kappa shape index (κ1) is 15.7. The van der Waals surface area contributed by atoms with Gasteiger partial charge in [-0.1, -0.05) is 23.4 Å². The van der Waals surface area contributed by atoms with E-state index in [9.17, 15) is 4.79 Å². The van der Waals surface area contributed by atoms with Crippen molar-refractivity contribution in [2.24, 2.45) is 7.05 Å². The van der Waals surface area contributed by atoms with Gasteiger partial charge in [0.1, 0.15) is 5.52 Å². The molecule has 0 aliphatic rings. The molecule has 3 heterocycles. The van der Waals surface area contributed by atoms with Crippen LogP contribution in [0.5, 0.6) is 0 Å². The Kier molecular flexibility index (Phi) is 3.98. The van der Waals surface area contributed by atoms with E-state index in [1.165, 1.54) is 4.68 Å². The summed E-state index contributed by atoms with van der Waals surface area (Å²) in [6, 6.07) is 13.1. The lowest BCUT2D eigenvalue weighted by Gasteiger charge is -2.12. The second-order valence-electron chi connectivity index (χ2n) is 5.61. The van der Waals surface area contributed by atoms with Crippen LogP contribution in [0.1, 0.15) is 10.4 Å². The van der Waals surface area contributed by atoms with Crippen LogP contribution in [0, 0.1) is 0 Å². The van der Waals surface area contributed by atoms with Crippen LogP contribution in [-0.4, -0.2) is 30.9 Å². The molecule has 0 aliphatic heterocycles. The van der Waals surface area contributed by atoms with Crippen LogP contribution in [-0.2, 0) is 7.05 Å². The van der Waals surface area contributed by atoms with Crippen molar-refractivity contribution < 1.29 is 4.79 Å². The van der Waals surface area contributed by atoms with Gasteiger partial charge in [0.25, 0.3) is 5.91 Å². The summed E-state index contributed by atoms with van der Waals surface area (Å²) >= 11 is 0. The monoisotopic (exact) mass is 345 g/mol. The third-order valence-corrected chi connectivity index (χ3v) is 3.86. The van der Waals surface area contributed by atoms with Crippen molar-refractivity contribution in [1.82, 2.24) is 25.0 Å². The van der Waals surface area contributed by atoms with Crippen molar-refractivity contribution in [2.75, 3.05) is 10.6 Å². The molecule has 0 radical (unpaired) electrons. The highest BCUT2D eigenvalue weighted by Gasteiger charge is 2.16. The van der Waals surface area contributed by atoms with Crippen molar-refractivity contribution >= 4 is 34.1 Å². The molecule has 0 bridgehead atoms. The van der Waals surface area contributed by atoms with Crippen molar-refractivity contribution in [1.29, 1.82) is 0 Å². The van der Waals surface area contributed by atoms with Gasteiger partial charge in [-0.25, -0.2) is 9.67 Å². The van der Waals surface area contributed by atoms with Crippen molar-refractivity contribution in [3.8, 4) is 0 Å². The molecule has 1 aromatic carbocycles. The minimum absolute atomic E-state index is 0.304. The summed E-state index contributed by atoms with van der Waals surface area (Å²) in [4.78, 5) is 21.1. The Bertz CT molecular complexity index is 1080. The first-order valence-electron chi connectivity index (χ1n) is 7.94. The number of anilines is 3. The van der Waals surface area contributed by atoms with Gasteiger partial charge in [0.05, 0.1) is 23.1 Å². The average molecular weight is 345 g/mol. The number of carbonyl (C=O) groups excluding carboxylic acids is 1. The van der Waals surface area contributed by atoms with Gasteiger partial charge in [0, 0.05) is 25.1 Å². The zero-order valence-corrected chi connectivity index (χ0v) is 13.9. The predicted molar refractivity (Wildman–Crippen MR) is 98.2 cm³/mol. The number of amides is 1. The maximum absolute atomic E-state index is 12.8. The first-order chi connectivity index (χ1) is 12.7. The van der Waals surface area contributed by atoms with E-state index in [4.69, 9.17) is 0 Å². The van der Waals surface area contributed by atoms with Gasteiger partial charge in [0.15, 0.2) is 5.65 Å². The molecule has 0 atom stereocenters. The fourth-order valence-corrected chi connectivity index (χ4v) is 2.59. The summed E-state index contributed by atoms with van der Waals surface area (Å²) in [5.41, 5.74) is 3.62. The predicted octanol–water partition coefficient (Wildman–Crippen LogP) is 2.75. The number of pyridine rings is 2. The molecule has 0 saturated heterocycles. The Morgan fingerprint density at radius 3 is 2.73 bits per heavy atom. The van der Waals surface area contributed by atoms with Crippen molar-refractivity contribution in [3.63, 3.8) is 0 Å². The van der Waals surface area contributed by atoms with Crippen LogP contribution < -0.4 is 10.6 Å². The third-order valence-electron chi connectivity index (χ3n) is 3.86. The standard InChI is InChI=1S/C18H15N7O/c1-25-17-16(23-24-25)13(7-10-20-17)18(26)22-15-11-19-9-8-14(15)21-12-5-3-2-4-6-12/h2-11H,1H3,(H,19,21)(H,22,26). The number of nitrogens with one attached hydrogen (secondary N) is 2. The van der Waals surface area contributed by atoms with E-state index in [1.807, 2.05) is 30.3 Å². The summed E-state index contributed by atoms with van der Waals surface area (Å²) in [7, 11) is 1.73. The number of benzene rings is 1. The fourth-order valence-electron chi connectivity index (χ4n) is 2.59. The van der Waals surface area contributed by atoms with Crippen molar-refractivity contribution in [3.05, 3.63) is 66.6 Å². The number of para-hydroxylation sites is 1. The molecule has 1 amide bonds. The summed E-state index contributed by atoms with van der Waals surface area (Å²) < 4.78 is 1.53. The number of carbonyl (C=O) groups is 1. The molecule has 26 heavy (non-hydrogen) atoms. The highest BCUT2D eigenvalue weighted by atomic mass is 16.1. The molecule has 8 nitrogen and oxygen atoms in total. The van der Waals surface area contributed by atoms with E-state index >= 15 is 0 Å². The maximum Gasteiger partial charge on any atom is 0.258 e. The summed E-state index contributed by atoms with van der Waals surface area (Å²) in [6.45, 7) is 0. The molecule has 4 rings (SSSR count). The number of hydrogen-bond donors (Lipinski definition) is 2. The van der Waals surface area contributed by atoms with Crippen LogP contribution in [0.3, 0.4) is 0 Å². The molecule has 0 spiro atoms. The van der Waals surface area contributed by atoms with Gasteiger partial charge >= 0.3 is 0 Å². The second kappa shape index (κ2) is 6.60. The Balaban J connectivity index is 1.64. The Labute approximate surface area is 148 Å². The smallest absolute Gasteiger partial charge is 0.258 e. The zero-order valence-electron chi connectivity index (χ0n) is 13.9. The summed E-state index contributed by atoms with van der Waals surface area (Å²) in [5, 5.41) is 14.1. The quantitative estimate of drug-likeness (QED) is 0.590. The first-order valence-corrected chi connectivity index (χ1v) is 7.94. The molecule has 3 aromatic heterocycles. The average Bonchev–Trinajstić information content (AvgIpc) is 3.05. The third kappa shape index (κ3) is 2.95. The van der Waals surface area contributed by atoms with Gasteiger partial charge < -0.3 is 10.6 Å². The zero-order chi connectivity index (χ0) is 17.9. The molecular formula is C18H15N7O.